The van der Waals surface area contributed by atoms with Gasteiger partial charge >= 0.3 is 0 Å². The topological polar surface area (TPSA) is 26.0 Å². The maximum absolute atomic E-state index is 6.34. The Bertz CT molecular complexity index is 748. The summed E-state index contributed by atoms with van der Waals surface area (Å²) in [4.78, 5) is 0. The van der Waals surface area contributed by atoms with Gasteiger partial charge in [0.1, 0.15) is 0 Å². The molecule has 3 aromatic rings. The van der Waals surface area contributed by atoms with Gasteiger partial charge in [-0.2, -0.15) is 0 Å². The van der Waals surface area contributed by atoms with Crippen molar-refractivity contribution in [2.75, 3.05) is 0 Å². The quantitative estimate of drug-likeness (QED) is 0.692. The summed E-state index contributed by atoms with van der Waals surface area (Å²) in [6.45, 7) is 0. The van der Waals surface area contributed by atoms with E-state index in [1.54, 1.807) is 0 Å². The SMILES string of the molecule is NC(c1ccc2ccccc2c1)c1c(Cl)cccc1Cl. The van der Waals surface area contributed by atoms with Crippen LogP contribution in [0.15, 0.2) is 60.7 Å². The molecule has 0 saturated heterocycles. The Balaban J connectivity index is 2.10. The van der Waals surface area contributed by atoms with E-state index in [9.17, 15) is 0 Å². The molecular formula is C17H13Cl2N. The van der Waals surface area contributed by atoms with E-state index in [0.717, 1.165) is 16.5 Å². The molecule has 0 spiro atoms. The monoisotopic (exact) mass is 301 g/mol. The zero-order chi connectivity index (χ0) is 14.1. The molecule has 1 nitrogen and oxygen atoms in total. The van der Waals surface area contributed by atoms with Crippen LogP contribution in [0.4, 0.5) is 0 Å². The van der Waals surface area contributed by atoms with Gasteiger partial charge in [-0.05, 0) is 34.5 Å². The minimum atomic E-state index is -0.333. The highest BCUT2D eigenvalue weighted by Gasteiger charge is 2.16. The Morgan fingerprint density at radius 3 is 2.10 bits per heavy atom. The highest BCUT2D eigenvalue weighted by molar-refractivity contribution is 6.36. The molecule has 0 aliphatic heterocycles. The van der Waals surface area contributed by atoms with Crippen LogP contribution in [-0.2, 0) is 0 Å². The van der Waals surface area contributed by atoms with Crippen molar-refractivity contribution in [1.29, 1.82) is 0 Å². The Kier molecular flexibility index (Phi) is 3.66. The van der Waals surface area contributed by atoms with Crippen LogP contribution < -0.4 is 5.73 Å². The van der Waals surface area contributed by atoms with Crippen LogP contribution in [0, 0.1) is 0 Å². The lowest BCUT2D eigenvalue weighted by Gasteiger charge is -2.16. The summed E-state index contributed by atoms with van der Waals surface area (Å²) < 4.78 is 0. The average Bonchev–Trinajstić information content (AvgIpc) is 2.46. The van der Waals surface area contributed by atoms with E-state index in [0.29, 0.717) is 10.0 Å². The number of hydrogen-bond donors (Lipinski definition) is 1. The molecule has 1 unspecified atom stereocenters. The minimum Gasteiger partial charge on any atom is -0.320 e. The summed E-state index contributed by atoms with van der Waals surface area (Å²) in [6.07, 6.45) is 0. The van der Waals surface area contributed by atoms with Crippen molar-refractivity contribution < 1.29 is 0 Å². The van der Waals surface area contributed by atoms with E-state index in [2.05, 4.69) is 24.3 Å². The molecule has 3 heteroatoms. The lowest BCUT2D eigenvalue weighted by Crippen LogP contribution is -2.13. The first-order valence-electron chi connectivity index (χ1n) is 6.35. The summed E-state index contributed by atoms with van der Waals surface area (Å²) in [5.41, 5.74) is 8.11. The maximum atomic E-state index is 6.34. The van der Waals surface area contributed by atoms with Crippen molar-refractivity contribution in [1.82, 2.24) is 0 Å². The van der Waals surface area contributed by atoms with Crippen molar-refractivity contribution in [2.24, 2.45) is 5.73 Å². The van der Waals surface area contributed by atoms with Crippen molar-refractivity contribution in [3.63, 3.8) is 0 Å². The Hall–Kier alpha value is -1.54. The van der Waals surface area contributed by atoms with Crippen LogP contribution >= 0.6 is 23.2 Å². The van der Waals surface area contributed by atoms with Gasteiger partial charge < -0.3 is 5.73 Å². The molecule has 0 radical (unpaired) electrons. The number of halogens is 2. The smallest absolute Gasteiger partial charge is 0.0581 e. The first-order valence-corrected chi connectivity index (χ1v) is 7.10. The molecular weight excluding hydrogens is 289 g/mol. The Labute approximate surface area is 127 Å². The standard InChI is InChI=1S/C17H13Cl2N/c18-14-6-3-7-15(19)16(14)17(20)13-9-8-11-4-1-2-5-12(11)10-13/h1-10,17H,20H2. The van der Waals surface area contributed by atoms with Gasteiger partial charge in [0.25, 0.3) is 0 Å². The lowest BCUT2D eigenvalue weighted by atomic mass is 9.97. The molecule has 0 saturated carbocycles. The number of rotatable bonds is 2. The van der Waals surface area contributed by atoms with Gasteiger partial charge in [0, 0.05) is 15.6 Å². The second-order valence-electron chi connectivity index (χ2n) is 4.72. The van der Waals surface area contributed by atoms with E-state index in [4.69, 9.17) is 28.9 Å². The highest BCUT2D eigenvalue weighted by Crippen LogP contribution is 2.33. The summed E-state index contributed by atoms with van der Waals surface area (Å²) in [5.74, 6) is 0. The average molecular weight is 302 g/mol. The van der Waals surface area contributed by atoms with Crippen molar-refractivity contribution >= 4 is 34.0 Å². The molecule has 0 aromatic heterocycles. The largest absolute Gasteiger partial charge is 0.320 e. The summed E-state index contributed by atoms with van der Waals surface area (Å²) in [6, 6.07) is 19.5. The third-order valence-corrected chi connectivity index (χ3v) is 4.10. The third-order valence-electron chi connectivity index (χ3n) is 3.44. The molecule has 3 rings (SSSR count). The van der Waals surface area contributed by atoms with Crippen LogP contribution in [0.1, 0.15) is 17.2 Å². The van der Waals surface area contributed by atoms with Crippen molar-refractivity contribution in [3.8, 4) is 0 Å². The van der Waals surface area contributed by atoms with Gasteiger partial charge in [-0.1, -0.05) is 65.7 Å². The molecule has 0 bridgehead atoms. The minimum absolute atomic E-state index is 0.333. The van der Waals surface area contributed by atoms with Crippen LogP contribution in [0.5, 0.6) is 0 Å². The second-order valence-corrected chi connectivity index (χ2v) is 5.53. The molecule has 0 aliphatic carbocycles. The molecule has 0 aliphatic rings. The molecule has 100 valence electrons. The predicted octanol–water partition coefficient (Wildman–Crippen LogP) is 5.19. The van der Waals surface area contributed by atoms with Crippen LogP contribution in [0.25, 0.3) is 10.8 Å². The maximum Gasteiger partial charge on any atom is 0.0581 e. The van der Waals surface area contributed by atoms with Crippen molar-refractivity contribution in [2.45, 2.75) is 6.04 Å². The first kappa shape index (κ1) is 13.4. The van der Waals surface area contributed by atoms with E-state index < -0.39 is 0 Å². The summed E-state index contributed by atoms with van der Waals surface area (Å²) in [5, 5.41) is 3.54. The molecule has 1 atom stereocenters. The van der Waals surface area contributed by atoms with Crippen LogP contribution in [0.2, 0.25) is 10.0 Å². The van der Waals surface area contributed by atoms with E-state index in [-0.39, 0.29) is 6.04 Å². The molecule has 2 N–H and O–H groups in total. The second kappa shape index (κ2) is 5.45. The van der Waals surface area contributed by atoms with Gasteiger partial charge in [-0.15, -0.1) is 0 Å². The van der Waals surface area contributed by atoms with Gasteiger partial charge in [-0.25, -0.2) is 0 Å². The fourth-order valence-electron chi connectivity index (χ4n) is 2.38. The first-order chi connectivity index (χ1) is 9.66. The normalized spacial score (nSPS) is 12.6. The lowest BCUT2D eigenvalue weighted by molar-refractivity contribution is 0.874. The Morgan fingerprint density at radius 1 is 0.750 bits per heavy atom. The zero-order valence-electron chi connectivity index (χ0n) is 10.7. The fourth-order valence-corrected chi connectivity index (χ4v) is 3.01. The number of hydrogen-bond acceptors (Lipinski definition) is 1. The Morgan fingerprint density at radius 2 is 1.40 bits per heavy atom. The van der Waals surface area contributed by atoms with Crippen molar-refractivity contribution in [3.05, 3.63) is 81.8 Å². The summed E-state index contributed by atoms with van der Waals surface area (Å²) >= 11 is 12.5. The molecule has 0 heterocycles. The van der Waals surface area contributed by atoms with E-state index in [1.165, 1.54) is 5.39 Å². The van der Waals surface area contributed by atoms with E-state index >= 15 is 0 Å². The van der Waals surface area contributed by atoms with Gasteiger partial charge in [0.05, 0.1) is 6.04 Å². The third kappa shape index (κ3) is 2.40. The highest BCUT2D eigenvalue weighted by atomic mass is 35.5. The van der Waals surface area contributed by atoms with Gasteiger partial charge in [-0.3, -0.25) is 0 Å². The van der Waals surface area contributed by atoms with Gasteiger partial charge in [0.2, 0.25) is 0 Å². The number of nitrogens with two attached hydrogens (primary N) is 1. The van der Waals surface area contributed by atoms with Crippen LogP contribution in [0.3, 0.4) is 0 Å². The zero-order valence-corrected chi connectivity index (χ0v) is 12.2. The molecule has 0 fully saturated rings. The van der Waals surface area contributed by atoms with Gasteiger partial charge in [0.15, 0.2) is 0 Å². The summed E-state index contributed by atoms with van der Waals surface area (Å²) in [7, 11) is 0. The molecule has 3 aromatic carbocycles. The number of fused-ring (bicyclic) bond motifs is 1. The molecule has 20 heavy (non-hydrogen) atoms. The predicted molar refractivity (Wildman–Crippen MR) is 86.4 cm³/mol. The molecule has 0 amide bonds. The van der Waals surface area contributed by atoms with E-state index in [1.807, 2.05) is 36.4 Å². The fraction of sp³-hybridized carbons (Fsp3) is 0.0588. The number of benzene rings is 3. The van der Waals surface area contributed by atoms with Crippen LogP contribution in [-0.4, -0.2) is 0 Å².